The molecule has 0 aliphatic carbocycles. The Morgan fingerprint density at radius 2 is 2.06 bits per heavy atom. The summed E-state index contributed by atoms with van der Waals surface area (Å²) in [6.07, 6.45) is -0.0598. The molecule has 11 heteroatoms. The molecule has 7 nitrogen and oxygen atoms in total. The van der Waals surface area contributed by atoms with Crippen LogP contribution in [-0.4, -0.2) is 43.7 Å². The molecule has 0 bridgehead atoms. The Labute approximate surface area is 179 Å². The van der Waals surface area contributed by atoms with Crippen LogP contribution in [0.3, 0.4) is 0 Å². The van der Waals surface area contributed by atoms with Gasteiger partial charge in [0.2, 0.25) is 5.89 Å². The first-order valence-electron chi connectivity index (χ1n) is 9.57. The van der Waals surface area contributed by atoms with Gasteiger partial charge in [0.25, 0.3) is 5.89 Å². The Balaban J connectivity index is 1.33. The van der Waals surface area contributed by atoms with Gasteiger partial charge < -0.3 is 9.32 Å². The van der Waals surface area contributed by atoms with E-state index in [1.165, 1.54) is 22.6 Å². The normalized spacial score (nSPS) is 14.4. The summed E-state index contributed by atoms with van der Waals surface area (Å²) in [7, 11) is 2.11. The number of fused-ring (bicyclic) bond motifs is 1. The van der Waals surface area contributed by atoms with Crippen LogP contribution in [0.15, 0.2) is 34.9 Å². The number of hydrogen-bond acceptors (Lipinski definition) is 7. The van der Waals surface area contributed by atoms with E-state index in [0.29, 0.717) is 5.56 Å². The lowest BCUT2D eigenvalue weighted by Gasteiger charge is -2.21. The minimum absolute atomic E-state index is 0.156. The molecule has 5 rings (SSSR count). The molecule has 0 unspecified atom stereocenters. The van der Waals surface area contributed by atoms with Crippen molar-refractivity contribution in [3.05, 3.63) is 58.2 Å². The number of alkyl halides is 2. The minimum atomic E-state index is -2.87. The fourth-order valence-electron chi connectivity index (χ4n) is 3.48. The van der Waals surface area contributed by atoms with Crippen LogP contribution in [-0.2, 0) is 19.5 Å². The smallest absolute Gasteiger partial charge is 0.314 e. The van der Waals surface area contributed by atoms with Crippen LogP contribution in [0.2, 0.25) is 0 Å². The number of benzene rings is 1. The second-order valence-corrected chi connectivity index (χ2v) is 8.54. The van der Waals surface area contributed by atoms with Crippen molar-refractivity contribution in [2.24, 2.45) is 0 Å². The van der Waals surface area contributed by atoms with E-state index in [-0.39, 0.29) is 18.0 Å². The predicted molar refractivity (Wildman–Crippen MR) is 107 cm³/mol. The van der Waals surface area contributed by atoms with Gasteiger partial charge in [0.15, 0.2) is 0 Å². The van der Waals surface area contributed by atoms with E-state index in [1.807, 2.05) is 0 Å². The Bertz CT molecular complexity index is 1230. The number of thiophene rings is 1. The lowest BCUT2D eigenvalue weighted by atomic mass is 10.1. The molecule has 4 heterocycles. The first kappa shape index (κ1) is 19.9. The van der Waals surface area contributed by atoms with Gasteiger partial charge in [-0.05, 0) is 37.2 Å². The van der Waals surface area contributed by atoms with E-state index < -0.39 is 18.1 Å². The van der Waals surface area contributed by atoms with E-state index in [0.717, 1.165) is 30.1 Å². The largest absolute Gasteiger partial charge is 0.415 e. The van der Waals surface area contributed by atoms with Crippen molar-refractivity contribution in [2.75, 3.05) is 13.6 Å². The molecule has 0 saturated carbocycles. The van der Waals surface area contributed by atoms with Crippen molar-refractivity contribution < 1.29 is 17.6 Å². The molecule has 1 aromatic carbocycles. The summed E-state index contributed by atoms with van der Waals surface area (Å²) >= 11 is 1.71. The molecule has 160 valence electrons. The number of hydrogen-bond donors (Lipinski definition) is 0. The van der Waals surface area contributed by atoms with Crippen LogP contribution in [0, 0.1) is 5.82 Å². The molecular formula is C20H17F3N6OS. The summed E-state index contributed by atoms with van der Waals surface area (Å²) in [5.74, 6) is -1.48. The first-order valence-corrected chi connectivity index (χ1v) is 10.4. The zero-order chi connectivity index (χ0) is 21.5. The molecule has 0 fully saturated rings. The van der Waals surface area contributed by atoms with Gasteiger partial charge in [0, 0.05) is 29.1 Å². The Morgan fingerprint density at radius 1 is 1.19 bits per heavy atom. The van der Waals surface area contributed by atoms with Gasteiger partial charge in [0.1, 0.15) is 11.5 Å². The second-order valence-electron chi connectivity index (χ2n) is 7.40. The summed E-state index contributed by atoms with van der Waals surface area (Å²) in [6, 6.07) is 6.43. The van der Waals surface area contributed by atoms with Gasteiger partial charge in [-0.25, -0.2) is 9.07 Å². The molecule has 0 radical (unpaired) electrons. The first-order chi connectivity index (χ1) is 15.0. The number of aromatic nitrogens is 5. The lowest BCUT2D eigenvalue weighted by Crippen LogP contribution is -2.24. The summed E-state index contributed by atoms with van der Waals surface area (Å²) in [5.41, 5.74) is 2.71. The summed E-state index contributed by atoms with van der Waals surface area (Å²) in [4.78, 5) is 4.68. The van der Waals surface area contributed by atoms with Crippen molar-refractivity contribution in [1.29, 1.82) is 0 Å². The SMILES string of the molecule is CN1CCc2cc(-c3cn(Cc4ccc(-c5nnc(C(F)F)o5)cc4F)nn3)sc2C1. The fourth-order valence-corrected chi connectivity index (χ4v) is 4.73. The van der Waals surface area contributed by atoms with Crippen LogP contribution in [0.25, 0.3) is 22.0 Å². The van der Waals surface area contributed by atoms with E-state index >= 15 is 0 Å². The molecular weight excluding hydrogens is 429 g/mol. The van der Waals surface area contributed by atoms with Gasteiger partial charge in [-0.3, -0.25) is 0 Å². The van der Waals surface area contributed by atoms with Crippen molar-refractivity contribution in [3.63, 3.8) is 0 Å². The standard InChI is InChI=1S/C20H17F3N6OS/c1-28-5-4-11-7-16(31-17(11)10-28)15-9-29(27-24-15)8-13-3-2-12(6-14(13)21)19-25-26-20(30-19)18(22)23/h2-3,6-7,9,18H,4-5,8,10H2,1H3. The maximum absolute atomic E-state index is 14.6. The van der Waals surface area contributed by atoms with Crippen LogP contribution in [0.1, 0.15) is 28.3 Å². The average molecular weight is 446 g/mol. The summed E-state index contributed by atoms with van der Waals surface area (Å²) in [5, 5.41) is 15.2. The number of halogens is 3. The maximum atomic E-state index is 14.6. The molecule has 31 heavy (non-hydrogen) atoms. The fraction of sp³-hybridized carbons (Fsp3) is 0.300. The zero-order valence-corrected chi connectivity index (χ0v) is 17.2. The van der Waals surface area contributed by atoms with Crippen molar-refractivity contribution in [2.45, 2.75) is 25.9 Å². The maximum Gasteiger partial charge on any atom is 0.314 e. The highest BCUT2D eigenvalue weighted by molar-refractivity contribution is 7.15. The van der Waals surface area contributed by atoms with Crippen molar-refractivity contribution in [1.82, 2.24) is 30.1 Å². The average Bonchev–Trinajstić information content (AvgIpc) is 3.48. The molecule has 0 atom stereocenters. The van der Waals surface area contributed by atoms with Crippen molar-refractivity contribution in [3.8, 4) is 22.0 Å². The van der Waals surface area contributed by atoms with Gasteiger partial charge >= 0.3 is 6.43 Å². The third-order valence-electron chi connectivity index (χ3n) is 5.12. The highest BCUT2D eigenvalue weighted by Crippen LogP contribution is 2.33. The second kappa shape index (κ2) is 7.89. The highest BCUT2D eigenvalue weighted by atomic mass is 32.1. The van der Waals surface area contributed by atoms with Gasteiger partial charge in [-0.1, -0.05) is 11.3 Å². The summed E-state index contributed by atoms with van der Waals surface area (Å²) < 4.78 is 46.3. The molecule has 4 aromatic rings. The van der Waals surface area contributed by atoms with Gasteiger partial charge in [-0.2, -0.15) is 8.78 Å². The minimum Gasteiger partial charge on any atom is -0.415 e. The number of likely N-dealkylation sites (N-methyl/N-ethyl adjacent to an activating group) is 1. The molecule has 1 aliphatic rings. The molecule has 0 amide bonds. The Kier molecular flexibility index (Phi) is 5.06. The van der Waals surface area contributed by atoms with E-state index in [2.05, 4.69) is 38.5 Å². The van der Waals surface area contributed by atoms with Crippen molar-refractivity contribution >= 4 is 11.3 Å². The highest BCUT2D eigenvalue weighted by Gasteiger charge is 2.20. The van der Waals surface area contributed by atoms with Gasteiger partial charge in [-0.15, -0.1) is 26.6 Å². The van der Waals surface area contributed by atoms with Crippen LogP contribution < -0.4 is 0 Å². The monoisotopic (exact) mass is 446 g/mol. The summed E-state index contributed by atoms with van der Waals surface area (Å²) in [6.45, 7) is 2.15. The molecule has 0 N–H and O–H groups in total. The molecule has 1 aliphatic heterocycles. The Hall–Kier alpha value is -3.05. The molecule has 3 aromatic heterocycles. The van der Waals surface area contributed by atoms with E-state index in [1.54, 1.807) is 28.3 Å². The molecule has 0 spiro atoms. The van der Waals surface area contributed by atoms with Crippen LogP contribution in [0.5, 0.6) is 0 Å². The van der Waals surface area contributed by atoms with E-state index in [4.69, 9.17) is 4.42 Å². The number of nitrogens with zero attached hydrogens (tertiary/aromatic N) is 6. The topological polar surface area (TPSA) is 72.9 Å². The van der Waals surface area contributed by atoms with Gasteiger partial charge in [0.05, 0.1) is 17.6 Å². The predicted octanol–water partition coefficient (Wildman–Crippen LogP) is 4.17. The lowest BCUT2D eigenvalue weighted by molar-refractivity contribution is 0.116. The van der Waals surface area contributed by atoms with Crippen LogP contribution in [0.4, 0.5) is 13.2 Å². The van der Waals surface area contributed by atoms with E-state index in [9.17, 15) is 13.2 Å². The number of rotatable bonds is 5. The third kappa shape index (κ3) is 3.98. The Morgan fingerprint density at radius 3 is 2.84 bits per heavy atom. The molecule has 0 saturated heterocycles. The quantitative estimate of drug-likeness (QED) is 0.458. The van der Waals surface area contributed by atoms with Crippen LogP contribution >= 0.6 is 11.3 Å². The third-order valence-corrected chi connectivity index (χ3v) is 6.31. The zero-order valence-electron chi connectivity index (χ0n) is 16.4.